The fraction of sp³-hybridized carbons (Fsp3) is 0.438. The van der Waals surface area contributed by atoms with E-state index in [-0.39, 0.29) is 11.9 Å². The van der Waals surface area contributed by atoms with Crippen molar-refractivity contribution in [2.75, 3.05) is 0 Å². The van der Waals surface area contributed by atoms with E-state index in [1.165, 1.54) is 17.3 Å². The Morgan fingerprint density at radius 1 is 1.33 bits per heavy atom. The maximum Gasteiger partial charge on any atom is 0.123 e. The fourth-order valence-electron chi connectivity index (χ4n) is 2.78. The van der Waals surface area contributed by atoms with E-state index >= 15 is 0 Å². The minimum atomic E-state index is -0.232. The molecule has 0 fully saturated rings. The molecule has 0 bridgehead atoms. The smallest absolute Gasteiger partial charge is 0.123 e. The summed E-state index contributed by atoms with van der Waals surface area (Å²) in [5.74, 6) is 5.44. The van der Waals surface area contributed by atoms with Crippen LogP contribution in [0.4, 0.5) is 4.39 Å². The third-order valence-electron chi connectivity index (χ3n) is 4.16. The van der Waals surface area contributed by atoms with E-state index < -0.39 is 0 Å². The van der Waals surface area contributed by atoms with Crippen LogP contribution in [0.5, 0.6) is 0 Å². The van der Waals surface area contributed by atoms with E-state index in [1.54, 1.807) is 12.1 Å². The SMILES string of the molecule is Cc1ccc(F)cc1C(CCc1c(C)nn(C)c1C)NN. The summed E-state index contributed by atoms with van der Waals surface area (Å²) < 4.78 is 15.3. The van der Waals surface area contributed by atoms with Crippen LogP contribution in [0.2, 0.25) is 0 Å². The molecule has 0 aliphatic heterocycles. The first-order valence-corrected chi connectivity index (χ1v) is 7.15. The Kier molecular flexibility index (Phi) is 4.75. The van der Waals surface area contributed by atoms with Gasteiger partial charge in [-0.1, -0.05) is 6.07 Å². The number of benzene rings is 1. The number of aryl methyl sites for hydroxylation is 3. The van der Waals surface area contributed by atoms with Gasteiger partial charge in [0.05, 0.1) is 5.69 Å². The summed E-state index contributed by atoms with van der Waals surface area (Å²) in [4.78, 5) is 0. The van der Waals surface area contributed by atoms with Crippen LogP contribution in [0.3, 0.4) is 0 Å². The zero-order valence-corrected chi connectivity index (χ0v) is 13.1. The van der Waals surface area contributed by atoms with E-state index in [2.05, 4.69) is 17.4 Å². The second-order valence-corrected chi connectivity index (χ2v) is 5.53. The summed E-state index contributed by atoms with van der Waals surface area (Å²) in [6, 6.07) is 4.75. The van der Waals surface area contributed by atoms with E-state index in [9.17, 15) is 4.39 Å². The van der Waals surface area contributed by atoms with Crippen LogP contribution in [-0.2, 0) is 13.5 Å². The van der Waals surface area contributed by atoms with Gasteiger partial charge in [-0.15, -0.1) is 0 Å². The Morgan fingerprint density at radius 2 is 2.05 bits per heavy atom. The summed E-state index contributed by atoms with van der Waals surface area (Å²) in [6.07, 6.45) is 1.66. The van der Waals surface area contributed by atoms with E-state index in [0.717, 1.165) is 29.7 Å². The number of hydrogen-bond donors (Lipinski definition) is 2. The van der Waals surface area contributed by atoms with Crippen molar-refractivity contribution in [3.63, 3.8) is 0 Å². The molecule has 1 unspecified atom stereocenters. The van der Waals surface area contributed by atoms with E-state index in [1.807, 2.05) is 25.6 Å². The first-order valence-electron chi connectivity index (χ1n) is 7.15. The number of nitrogens with zero attached hydrogens (tertiary/aromatic N) is 2. The topological polar surface area (TPSA) is 55.9 Å². The monoisotopic (exact) mass is 290 g/mol. The zero-order chi connectivity index (χ0) is 15.6. The fourth-order valence-corrected chi connectivity index (χ4v) is 2.78. The largest absolute Gasteiger partial charge is 0.272 e. The van der Waals surface area contributed by atoms with Gasteiger partial charge in [-0.25, -0.2) is 4.39 Å². The predicted octanol–water partition coefficient (Wildman–Crippen LogP) is 2.62. The van der Waals surface area contributed by atoms with Crippen LogP contribution in [0, 0.1) is 26.6 Å². The van der Waals surface area contributed by atoms with Crippen LogP contribution in [0.1, 0.15) is 40.5 Å². The molecule has 2 rings (SSSR count). The zero-order valence-electron chi connectivity index (χ0n) is 13.1. The molecule has 1 aromatic carbocycles. The third kappa shape index (κ3) is 3.31. The highest BCUT2D eigenvalue weighted by molar-refractivity contribution is 5.30. The molecular weight excluding hydrogens is 267 g/mol. The van der Waals surface area contributed by atoms with E-state index in [0.29, 0.717) is 0 Å². The molecule has 0 aliphatic carbocycles. The van der Waals surface area contributed by atoms with Crippen molar-refractivity contribution in [2.24, 2.45) is 12.9 Å². The molecule has 1 heterocycles. The molecule has 0 saturated carbocycles. The Bertz CT molecular complexity index is 633. The molecule has 0 spiro atoms. The molecule has 114 valence electrons. The maximum absolute atomic E-state index is 13.5. The van der Waals surface area contributed by atoms with Gasteiger partial charge in [-0.05, 0) is 62.4 Å². The van der Waals surface area contributed by atoms with Gasteiger partial charge in [0.25, 0.3) is 0 Å². The number of aromatic nitrogens is 2. The number of nitrogens with one attached hydrogen (secondary N) is 1. The summed E-state index contributed by atoms with van der Waals surface area (Å²) in [6.45, 7) is 6.05. The minimum absolute atomic E-state index is 0.0697. The maximum atomic E-state index is 13.5. The van der Waals surface area contributed by atoms with Crippen LogP contribution in [-0.4, -0.2) is 9.78 Å². The Morgan fingerprint density at radius 3 is 2.62 bits per heavy atom. The average molecular weight is 290 g/mol. The van der Waals surface area contributed by atoms with Crippen LogP contribution < -0.4 is 11.3 Å². The van der Waals surface area contributed by atoms with Crippen LogP contribution in [0.15, 0.2) is 18.2 Å². The van der Waals surface area contributed by atoms with Crippen molar-refractivity contribution in [1.29, 1.82) is 0 Å². The Balaban J connectivity index is 2.18. The lowest BCUT2D eigenvalue weighted by Gasteiger charge is -2.18. The number of hydrazine groups is 1. The summed E-state index contributed by atoms with van der Waals surface area (Å²) in [5, 5.41) is 4.42. The molecule has 0 radical (unpaired) electrons. The second-order valence-electron chi connectivity index (χ2n) is 5.53. The van der Waals surface area contributed by atoms with Gasteiger partial charge in [-0.2, -0.15) is 5.10 Å². The van der Waals surface area contributed by atoms with Crippen molar-refractivity contribution in [3.05, 3.63) is 52.1 Å². The summed E-state index contributed by atoms with van der Waals surface area (Å²) >= 11 is 0. The molecule has 1 aromatic heterocycles. The Labute approximate surface area is 125 Å². The quantitative estimate of drug-likeness (QED) is 0.657. The lowest BCUT2D eigenvalue weighted by atomic mass is 9.95. The van der Waals surface area contributed by atoms with Crippen LogP contribution >= 0.6 is 0 Å². The highest BCUT2D eigenvalue weighted by Crippen LogP contribution is 2.24. The van der Waals surface area contributed by atoms with Gasteiger partial charge in [0, 0.05) is 18.8 Å². The molecule has 0 saturated heterocycles. The minimum Gasteiger partial charge on any atom is -0.272 e. The highest BCUT2D eigenvalue weighted by Gasteiger charge is 2.16. The molecule has 1 atom stereocenters. The van der Waals surface area contributed by atoms with Crippen molar-refractivity contribution < 1.29 is 4.39 Å². The molecule has 21 heavy (non-hydrogen) atoms. The molecule has 4 nitrogen and oxygen atoms in total. The number of nitrogens with two attached hydrogens (primary N) is 1. The number of hydrogen-bond acceptors (Lipinski definition) is 3. The number of halogens is 1. The molecule has 0 aliphatic rings. The van der Waals surface area contributed by atoms with Gasteiger partial charge in [0.2, 0.25) is 0 Å². The van der Waals surface area contributed by atoms with Crippen molar-refractivity contribution >= 4 is 0 Å². The van der Waals surface area contributed by atoms with Gasteiger partial charge in [-0.3, -0.25) is 16.0 Å². The predicted molar refractivity (Wildman–Crippen MR) is 82.2 cm³/mol. The first kappa shape index (κ1) is 15.7. The summed E-state index contributed by atoms with van der Waals surface area (Å²) in [5.41, 5.74) is 8.21. The Hall–Kier alpha value is -1.72. The van der Waals surface area contributed by atoms with Gasteiger partial charge < -0.3 is 0 Å². The van der Waals surface area contributed by atoms with E-state index in [4.69, 9.17) is 5.84 Å². The third-order valence-corrected chi connectivity index (χ3v) is 4.16. The average Bonchev–Trinajstić information content (AvgIpc) is 2.69. The van der Waals surface area contributed by atoms with Crippen molar-refractivity contribution in [2.45, 2.75) is 39.7 Å². The highest BCUT2D eigenvalue weighted by atomic mass is 19.1. The van der Waals surface area contributed by atoms with Gasteiger partial charge in [0.15, 0.2) is 0 Å². The second kappa shape index (κ2) is 6.37. The normalized spacial score (nSPS) is 12.7. The lowest BCUT2D eigenvalue weighted by Crippen LogP contribution is -2.29. The molecule has 3 N–H and O–H groups in total. The standard InChI is InChI=1S/C16H23FN4/c1-10-5-6-13(17)9-15(10)16(19-18)8-7-14-11(2)20-21(4)12(14)3/h5-6,9,16,19H,7-8,18H2,1-4H3. The van der Waals surface area contributed by atoms with Gasteiger partial charge >= 0.3 is 0 Å². The first-order chi connectivity index (χ1) is 9.93. The molecule has 0 amide bonds. The van der Waals surface area contributed by atoms with Crippen LogP contribution in [0.25, 0.3) is 0 Å². The number of rotatable bonds is 5. The molecule has 2 aromatic rings. The van der Waals surface area contributed by atoms with Gasteiger partial charge in [0.1, 0.15) is 5.82 Å². The van der Waals surface area contributed by atoms with Crippen molar-refractivity contribution in [3.8, 4) is 0 Å². The molecular formula is C16H23FN4. The lowest BCUT2D eigenvalue weighted by molar-refractivity contribution is 0.508. The van der Waals surface area contributed by atoms with Crippen molar-refractivity contribution in [1.82, 2.24) is 15.2 Å². The summed E-state index contributed by atoms with van der Waals surface area (Å²) in [7, 11) is 1.95. The molecule has 5 heteroatoms.